The van der Waals surface area contributed by atoms with E-state index < -0.39 is 29.1 Å². The van der Waals surface area contributed by atoms with Crippen molar-refractivity contribution in [3.8, 4) is 11.5 Å². The Kier molecular flexibility index (Phi) is 11.7. The highest BCUT2D eigenvalue weighted by atomic mass is 19.1. The Hall–Kier alpha value is -7.47. The number of hydrogen-bond acceptors (Lipinski definition) is 11. The second-order valence-corrected chi connectivity index (χ2v) is 19.4. The fourth-order valence-corrected chi connectivity index (χ4v) is 10.7. The predicted octanol–water partition coefficient (Wildman–Crippen LogP) is 6.42. The number of halogens is 2. The van der Waals surface area contributed by atoms with Crippen molar-refractivity contribution in [3.05, 3.63) is 120 Å². The number of allylic oxidation sites excluding steroid dienone is 1. The Balaban J connectivity index is 0.637. The number of aromatic nitrogens is 2. The van der Waals surface area contributed by atoms with Crippen LogP contribution in [0.1, 0.15) is 60.9 Å². The SMILES string of the molecule is C=C1CCC(N2Cc3cc(NCC(=O)N4CC5CC(C4)N5CC4CCN(c5cc6nccc(Oc7ccc(NC(=O)C8(C(=O)Nc9ccc(F)cc9)CC8)cc7)c6cc5F)CC4)ncc3C2=O)C(=O)N1. The molecule has 5 saturated heterocycles. The number of amides is 5. The topological polar surface area (TPSA) is 181 Å². The summed E-state index contributed by atoms with van der Waals surface area (Å²) in [6.45, 7) is 7.93. The van der Waals surface area contributed by atoms with Gasteiger partial charge in [0.25, 0.3) is 5.91 Å². The summed E-state index contributed by atoms with van der Waals surface area (Å²) in [7, 11) is 0. The second kappa shape index (κ2) is 18.1. The molecule has 0 spiro atoms. The van der Waals surface area contributed by atoms with Gasteiger partial charge in [-0.05, 0) is 129 Å². The molecule has 8 heterocycles. The third kappa shape index (κ3) is 8.75. The molecule has 12 rings (SSSR count). The first-order chi connectivity index (χ1) is 33.9. The molecule has 4 N–H and O–H groups in total. The van der Waals surface area contributed by atoms with Gasteiger partial charge in [-0.1, -0.05) is 6.58 Å². The summed E-state index contributed by atoms with van der Waals surface area (Å²) < 4.78 is 35.5. The molecule has 3 atom stereocenters. The molecule has 6 aliphatic heterocycles. The monoisotopic (exact) mass is 950 g/mol. The van der Waals surface area contributed by atoms with Gasteiger partial charge in [-0.3, -0.25) is 33.9 Å². The number of hydrogen-bond donors (Lipinski definition) is 4. The Morgan fingerprint density at radius 3 is 2.26 bits per heavy atom. The molecule has 1 aliphatic carbocycles. The van der Waals surface area contributed by atoms with Gasteiger partial charge in [-0.25, -0.2) is 13.8 Å². The van der Waals surface area contributed by atoms with Crippen LogP contribution in [-0.4, -0.2) is 112 Å². The number of anilines is 4. The van der Waals surface area contributed by atoms with Gasteiger partial charge in [-0.15, -0.1) is 0 Å². The second-order valence-electron chi connectivity index (χ2n) is 19.4. The van der Waals surface area contributed by atoms with E-state index in [9.17, 15) is 28.4 Å². The fourth-order valence-electron chi connectivity index (χ4n) is 10.7. The summed E-state index contributed by atoms with van der Waals surface area (Å²) in [5.74, 6) is -0.219. The first kappa shape index (κ1) is 45.0. The van der Waals surface area contributed by atoms with E-state index in [1.807, 2.05) is 4.90 Å². The number of rotatable bonds is 13. The van der Waals surface area contributed by atoms with Crippen LogP contribution in [-0.2, 0) is 25.7 Å². The summed E-state index contributed by atoms with van der Waals surface area (Å²) in [5, 5.41) is 12.0. The Labute approximate surface area is 402 Å². The third-order valence-electron chi connectivity index (χ3n) is 14.9. The van der Waals surface area contributed by atoms with Crippen LogP contribution in [0.25, 0.3) is 10.9 Å². The molecule has 1 saturated carbocycles. The largest absolute Gasteiger partial charge is 0.457 e. The smallest absolute Gasteiger partial charge is 0.256 e. The lowest BCUT2D eigenvalue weighted by Gasteiger charge is -2.57. The van der Waals surface area contributed by atoms with Crippen LogP contribution in [0, 0.1) is 23.0 Å². The maximum atomic E-state index is 16.0. The highest BCUT2D eigenvalue weighted by Crippen LogP contribution is 2.48. The number of nitrogens with one attached hydrogen (secondary N) is 4. The predicted molar refractivity (Wildman–Crippen MR) is 257 cm³/mol. The first-order valence-corrected chi connectivity index (χ1v) is 23.9. The molecule has 0 radical (unpaired) electrons. The lowest BCUT2D eigenvalue weighted by Crippen LogP contribution is -2.70. The average molecular weight is 951 g/mol. The zero-order chi connectivity index (χ0) is 48.3. The van der Waals surface area contributed by atoms with E-state index >= 15 is 4.39 Å². The quantitative estimate of drug-likeness (QED) is 0.0957. The molecule has 3 unspecified atom stereocenters. The lowest BCUT2D eigenvalue weighted by molar-refractivity contribution is -0.143. The highest BCUT2D eigenvalue weighted by molar-refractivity contribution is 6.17. The van der Waals surface area contributed by atoms with E-state index in [1.165, 1.54) is 36.5 Å². The number of nitrogens with zero attached hydrogens (tertiary/aromatic N) is 6. The van der Waals surface area contributed by atoms with Crippen molar-refractivity contribution in [2.24, 2.45) is 11.3 Å². The number of fused-ring (bicyclic) bond motifs is 4. The first-order valence-electron chi connectivity index (χ1n) is 23.9. The van der Waals surface area contributed by atoms with Gasteiger partial charge in [0.05, 0.1) is 23.3 Å². The van der Waals surface area contributed by atoms with Crippen molar-refractivity contribution in [3.63, 3.8) is 0 Å². The molecular weight excluding hydrogens is 899 g/mol. The van der Waals surface area contributed by atoms with Crippen LogP contribution in [0.15, 0.2) is 97.5 Å². The van der Waals surface area contributed by atoms with Crippen LogP contribution in [0.5, 0.6) is 11.5 Å². The van der Waals surface area contributed by atoms with E-state index in [4.69, 9.17) is 4.74 Å². The number of ether oxygens (including phenoxy) is 1. The van der Waals surface area contributed by atoms with E-state index in [1.54, 1.807) is 53.6 Å². The van der Waals surface area contributed by atoms with Gasteiger partial charge >= 0.3 is 0 Å². The molecule has 6 fully saturated rings. The van der Waals surface area contributed by atoms with Crippen molar-refractivity contribution in [1.82, 2.24) is 30.0 Å². The molecule has 2 bridgehead atoms. The fraction of sp³-hybridized carbons (Fsp3) is 0.365. The van der Waals surface area contributed by atoms with Crippen LogP contribution >= 0.6 is 0 Å². The van der Waals surface area contributed by atoms with Crippen molar-refractivity contribution in [1.29, 1.82) is 0 Å². The van der Waals surface area contributed by atoms with E-state index in [0.717, 1.165) is 31.4 Å². The molecule has 5 aromatic rings. The Bertz CT molecular complexity index is 2930. The minimum Gasteiger partial charge on any atom is -0.457 e. The maximum absolute atomic E-state index is 16.0. The van der Waals surface area contributed by atoms with Gasteiger partial charge in [0.2, 0.25) is 23.6 Å². The summed E-state index contributed by atoms with van der Waals surface area (Å²) in [4.78, 5) is 82.3. The summed E-state index contributed by atoms with van der Waals surface area (Å²) in [6, 6.07) is 18.9. The normalized spacial score (nSPS) is 21.7. The molecule has 360 valence electrons. The summed E-state index contributed by atoms with van der Waals surface area (Å²) >= 11 is 0. The van der Waals surface area contributed by atoms with E-state index in [2.05, 4.69) is 47.6 Å². The van der Waals surface area contributed by atoms with Crippen LogP contribution < -0.4 is 30.9 Å². The van der Waals surface area contributed by atoms with Gasteiger partial charge < -0.3 is 40.7 Å². The van der Waals surface area contributed by atoms with Gasteiger partial charge in [0.15, 0.2) is 0 Å². The molecule has 70 heavy (non-hydrogen) atoms. The number of carbonyl (C=O) groups excluding carboxylic acids is 5. The standard InChI is InChI=1S/C52H52F2N10O6/c1-30-2-11-43(48(66)58-30)64-27-32-20-46(56-24-40(32)49(64)67)57-25-47(65)62-28-36-21-37(29-62)63(36)26-31-13-18-61(19-14-31)44-23-42-39(22-41(44)54)45(12-17-55-42)70-38-9-7-35(8-10-38)60-51(69)52(15-16-52)50(68)59-34-5-3-33(53)4-6-34/h3-10,12,17,20,22-24,31,36-37,43H,1-2,11,13-16,18-19,21,25-29H2,(H,56,57)(H,58,66)(H,59,68)(H,60,69). The van der Waals surface area contributed by atoms with Crippen LogP contribution in [0.3, 0.4) is 0 Å². The molecular formula is C52H52F2N10O6. The number of piperidine rings is 3. The maximum Gasteiger partial charge on any atom is 0.256 e. The van der Waals surface area contributed by atoms with Crippen LogP contribution in [0.2, 0.25) is 0 Å². The van der Waals surface area contributed by atoms with E-state index in [-0.39, 0.29) is 30.1 Å². The van der Waals surface area contributed by atoms with Crippen molar-refractivity contribution in [2.75, 3.05) is 60.1 Å². The summed E-state index contributed by atoms with van der Waals surface area (Å²) in [5.41, 5.74) is 2.71. The Morgan fingerprint density at radius 2 is 1.57 bits per heavy atom. The van der Waals surface area contributed by atoms with Crippen molar-refractivity contribution in [2.45, 2.75) is 69.6 Å². The Morgan fingerprint density at radius 1 is 0.871 bits per heavy atom. The van der Waals surface area contributed by atoms with E-state index in [0.29, 0.717) is 133 Å². The number of carbonyl (C=O) groups is 5. The lowest BCUT2D eigenvalue weighted by atomic mass is 9.84. The zero-order valence-corrected chi connectivity index (χ0v) is 38.4. The third-order valence-corrected chi connectivity index (χ3v) is 14.9. The van der Waals surface area contributed by atoms with Gasteiger partial charge in [-0.2, -0.15) is 0 Å². The molecule has 16 nitrogen and oxygen atoms in total. The van der Waals surface area contributed by atoms with Gasteiger partial charge in [0.1, 0.15) is 40.4 Å². The molecule has 18 heteroatoms. The van der Waals surface area contributed by atoms with Crippen LogP contribution in [0.4, 0.5) is 31.7 Å². The van der Waals surface area contributed by atoms with Crippen molar-refractivity contribution >= 4 is 63.3 Å². The number of pyridine rings is 2. The minimum atomic E-state index is -1.20. The van der Waals surface area contributed by atoms with Gasteiger partial charge in [0, 0.05) is 86.2 Å². The highest BCUT2D eigenvalue weighted by Gasteiger charge is 2.56. The molecule has 5 amide bonds. The number of piperazine rings is 1. The average Bonchev–Trinajstić information content (AvgIpc) is 4.12. The molecule has 3 aromatic carbocycles. The molecule has 2 aromatic heterocycles. The summed E-state index contributed by atoms with van der Waals surface area (Å²) in [6.07, 6.45) is 8.00. The zero-order valence-electron chi connectivity index (χ0n) is 38.4. The minimum absolute atomic E-state index is 0.00157. The molecule has 7 aliphatic rings. The number of benzene rings is 3. The van der Waals surface area contributed by atoms with Crippen molar-refractivity contribution < 1.29 is 37.5 Å².